The van der Waals surface area contributed by atoms with Crippen molar-refractivity contribution in [3.8, 4) is 0 Å². The molecule has 3 rings (SSSR count). The Labute approximate surface area is 128 Å². The lowest BCUT2D eigenvalue weighted by Crippen LogP contribution is -2.25. The van der Waals surface area contributed by atoms with Gasteiger partial charge in [-0.05, 0) is 25.1 Å². The van der Waals surface area contributed by atoms with Crippen molar-refractivity contribution in [1.82, 2.24) is 15.3 Å². The number of nitrogen functional groups attached to an aromatic ring is 2. The molecule has 7 N–H and O–H groups in total. The van der Waals surface area contributed by atoms with Crippen LogP contribution in [0.5, 0.6) is 0 Å². The Kier molecular flexibility index (Phi) is 3.88. The van der Waals surface area contributed by atoms with Gasteiger partial charge < -0.3 is 22.1 Å². The zero-order chi connectivity index (χ0) is 15.5. The van der Waals surface area contributed by atoms with Crippen LogP contribution in [0.15, 0.2) is 30.6 Å². The molecule has 0 saturated carbocycles. The molecule has 0 bridgehead atoms. The molecule has 7 heteroatoms. The molecular formula is C15H19N7. The average Bonchev–Trinajstić information content (AvgIpc) is 3.01. The third kappa shape index (κ3) is 2.84. The first-order chi connectivity index (χ1) is 10.6. The number of anilines is 3. The maximum absolute atomic E-state index is 8.44. The summed E-state index contributed by atoms with van der Waals surface area (Å²) in [6, 6.07) is 7.40. The Hall–Kier alpha value is -2.67. The highest BCUT2D eigenvalue weighted by atomic mass is 15.1. The molecular weight excluding hydrogens is 278 g/mol. The van der Waals surface area contributed by atoms with Crippen LogP contribution in [0.25, 0.3) is 0 Å². The number of rotatable bonds is 4. The fraction of sp³-hybridized carbons (Fsp3) is 0.267. The summed E-state index contributed by atoms with van der Waals surface area (Å²) in [7, 11) is 0. The van der Waals surface area contributed by atoms with Crippen LogP contribution in [0.4, 0.5) is 17.3 Å². The van der Waals surface area contributed by atoms with Gasteiger partial charge in [-0.3, -0.25) is 5.41 Å². The molecule has 1 saturated heterocycles. The summed E-state index contributed by atoms with van der Waals surface area (Å²) in [5.74, 6) is 0.897. The molecule has 0 aliphatic carbocycles. The maximum atomic E-state index is 8.44. The van der Waals surface area contributed by atoms with Crippen LogP contribution >= 0.6 is 0 Å². The van der Waals surface area contributed by atoms with Crippen molar-refractivity contribution >= 4 is 23.0 Å². The summed E-state index contributed by atoms with van der Waals surface area (Å²) >= 11 is 0. The van der Waals surface area contributed by atoms with Crippen molar-refractivity contribution in [2.75, 3.05) is 29.9 Å². The molecule has 1 fully saturated rings. The number of aromatic nitrogens is 2. The van der Waals surface area contributed by atoms with Gasteiger partial charge in [-0.2, -0.15) is 0 Å². The fourth-order valence-electron chi connectivity index (χ4n) is 2.52. The van der Waals surface area contributed by atoms with Crippen LogP contribution in [0.2, 0.25) is 0 Å². The van der Waals surface area contributed by atoms with E-state index in [2.05, 4.69) is 20.6 Å². The second kappa shape index (κ2) is 5.98. The van der Waals surface area contributed by atoms with E-state index in [1.165, 1.54) is 6.33 Å². The van der Waals surface area contributed by atoms with E-state index in [0.717, 1.165) is 25.1 Å². The largest absolute Gasteiger partial charge is 0.399 e. The van der Waals surface area contributed by atoms with Crippen LogP contribution in [-0.2, 0) is 0 Å². The predicted molar refractivity (Wildman–Crippen MR) is 88.1 cm³/mol. The monoisotopic (exact) mass is 297 g/mol. The van der Waals surface area contributed by atoms with E-state index in [4.69, 9.17) is 16.9 Å². The molecule has 0 amide bonds. The minimum Gasteiger partial charge on any atom is -0.399 e. The van der Waals surface area contributed by atoms with Gasteiger partial charge in [-0.1, -0.05) is 12.1 Å². The third-order valence-corrected chi connectivity index (χ3v) is 3.73. The molecule has 1 aromatic heterocycles. The lowest BCUT2D eigenvalue weighted by Gasteiger charge is -2.17. The molecule has 1 aromatic carbocycles. The van der Waals surface area contributed by atoms with Gasteiger partial charge in [0.15, 0.2) is 0 Å². The number of hydrogen-bond acceptors (Lipinski definition) is 7. The van der Waals surface area contributed by atoms with Crippen molar-refractivity contribution in [1.29, 1.82) is 5.41 Å². The van der Waals surface area contributed by atoms with Gasteiger partial charge in [0.25, 0.3) is 0 Å². The molecule has 7 nitrogen and oxygen atoms in total. The summed E-state index contributed by atoms with van der Waals surface area (Å²) in [6.45, 7) is 1.85. The van der Waals surface area contributed by atoms with E-state index in [1.54, 1.807) is 24.3 Å². The van der Waals surface area contributed by atoms with Gasteiger partial charge in [-0.25, -0.2) is 9.97 Å². The first-order valence-corrected chi connectivity index (χ1v) is 7.17. The molecule has 1 unspecified atom stereocenters. The molecule has 2 aromatic rings. The molecule has 114 valence electrons. The van der Waals surface area contributed by atoms with Crippen molar-refractivity contribution in [3.63, 3.8) is 0 Å². The van der Waals surface area contributed by atoms with Gasteiger partial charge in [0.05, 0.1) is 11.3 Å². The van der Waals surface area contributed by atoms with Gasteiger partial charge in [0, 0.05) is 23.8 Å². The summed E-state index contributed by atoms with van der Waals surface area (Å²) in [4.78, 5) is 8.30. The number of benzene rings is 1. The first kappa shape index (κ1) is 14.3. The minimum absolute atomic E-state index is 0.284. The normalized spacial score (nSPS) is 17.4. The standard InChI is InChI=1S/C15H19N7/c16-10-3-1-9(2-4-10)13(17)12-14(18)20-8-21-15(12)22-11-5-6-19-7-11/h1-4,8,11,17,19H,5-7,16H2,(H3,18,20,21,22). The number of nitrogens with two attached hydrogens (primary N) is 2. The summed E-state index contributed by atoms with van der Waals surface area (Å²) in [6.07, 6.45) is 2.43. The Morgan fingerprint density at radius 3 is 2.68 bits per heavy atom. The van der Waals surface area contributed by atoms with Crippen molar-refractivity contribution in [2.45, 2.75) is 12.5 Å². The number of nitrogens with one attached hydrogen (secondary N) is 3. The van der Waals surface area contributed by atoms with Crippen molar-refractivity contribution in [3.05, 3.63) is 41.7 Å². The first-order valence-electron chi connectivity index (χ1n) is 7.17. The van der Waals surface area contributed by atoms with Gasteiger partial charge >= 0.3 is 0 Å². The summed E-state index contributed by atoms with van der Waals surface area (Å²) in [5.41, 5.74) is 13.9. The van der Waals surface area contributed by atoms with E-state index < -0.39 is 0 Å². The highest BCUT2D eigenvalue weighted by molar-refractivity contribution is 6.16. The molecule has 22 heavy (non-hydrogen) atoms. The van der Waals surface area contributed by atoms with Gasteiger partial charge in [0.1, 0.15) is 18.0 Å². The Bertz CT molecular complexity index is 675. The predicted octanol–water partition coefficient (Wildman–Crippen LogP) is 0.831. The smallest absolute Gasteiger partial charge is 0.141 e. The number of hydrogen-bond donors (Lipinski definition) is 5. The number of nitrogens with zero attached hydrogens (tertiary/aromatic N) is 2. The second-order valence-electron chi connectivity index (χ2n) is 5.31. The lowest BCUT2D eigenvalue weighted by atomic mass is 10.0. The molecule has 1 aliphatic rings. The molecule has 1 atom stereocenters. The second-order valence-corrected chi connectivity index (χ2v) is 5.31. The third-order valence-electron chi connectivity index (χ3n) is 3.73. The Morgan fingerprint density at radius 1 is 1.23 bits per heavy atom. The average molecular weight is 297 g/mol. The van der Waals surface area contributed by atoms with Crippen LogP contribution in [-0.4, -0.2) is 34.8 Å². The van der Waals surface area contributed by atoms with E-state index in [0.29, 0.717) is 22.9 Å². The van der Waals surface area contributed by atoms with Crippen LogP contribution < -0.4 is 22.1 Å². The topological polar surface area (TPSA) is 126 Å². The minimum atomic E-state index is 0.284. The zero-order valence-corrected chi connectivity index (χ0v) is 12.1. The maximum Gasteiger partial charge on any atom is 0.141 e. The van der Waals surface area contributed by atoms with Crippen molar-refractivity contribution < 1.29 is 0 Å². The SMILES string of the molecule is N=C(c1ccc(N)cc1)c1c(N)ncnc1NC1CCNC1. The highest BCUT2D eigenvalue weighted by Gasteiger charge is 2.20. The quantitative estimate of drug-likeness (QED) is 0.420. The van der Waals surface area contributed by atoms with E-state index in [-0.39, 0.29) is 11.8 Å². The lowest BCUT2D eigenvalue weighted by molar-refractivity contribution is 0.786. The molecule has 1 aliphatic heterocycles. The molecule has 0 spiro atoms. The van der Waals surface area contributed by atoms with Crippen LogP contribution in [0, 0.1) is 5.41 Å². The molecule has 0 radical (unpaired) electrons. The highest BCUT2D eigenvalue weighted by Crippen LogP contribution is 2.23. The zero-order valence-electron chi connectivity index (χ0n) is 12.1. The summed E-state index contributed by atoms with van der Waals surface area (Å²) < 4.78 is 0. The van der Waals surface area contributed by atoms with E-state index in [1.807, 2.05) is 0 Å². The molecule has 2 heterocycles. The van der Waals surface area contributed by atoms with Crippen LogP contribution in [0.3, 0.4) is 0 Å². The van der Waals surface area contributed by atoms with Crippen molar-refractivity contribution in [2.24, 2.45) is 0 Å². The fourth-order valence-corrected chi connectivity index (χ4v) is 2.52. The van der Waals surface area contributed by atoms with Gasteiger partial charge in [0.2, 0.25) is 0 Å². The van der Waals surface area contributed by atoms with E-state index in [9.17, 15) is 0 Å². The van der Waals surface area contributed by atoms with E-state index >= 15 is 0 Å². The summed E-state index contributed by atoms with van der Waals surface area (Å²) in [5, 5.41) is 15.1. The van der Waals surface area contributed by atoms with Gasteiger partial charge in [-0.15, -0.1) is 0 Å². The Balaban J connectivity index is 1.94. The van der Waals surface area contributed by atoms with Crippen LogP contribution in [0.1, 0.15) is 17.5 Å². The Morgan fingerprint density at radius 2 is 2.00 bits per heavy atom.